The van der Waals surface area contributed by atoms with E-state index >= 15 is 0 Å². The Hall–Kier alpha value is -3.46. The van der Waals surface area contributed by atoms with E-state index in [2.05, 4.69) is 10.1 Å². The molecule has 1 heterocycles. The monoisotopic (exact) mass is 565 g/mol. The molecule has 0 aliphatic rings. The van der Waals surface area contributed by atoms with Crippen molar-refractivity contribution in [1.29, 1.82) is 0 Å². The lowest BCUT2D eigenvalue weighted by molar-refractivity contribution is -0.142. The van der Waals surface area contributed by atoms with Crippen LogP contribution in [0.5, 0.6) is 5.75 Å². The van der Waals surface area contributed by atoms with Gasteiger partial charge < -0.3 is 25.1 Å². The van der Waals surface area contributed by atoms with E-state index in [4.69, 9.17) is 19.5 Å². The number of ether oxygens (including phenoxy) is 1. The third-order valence-electron chi connectivity index (χ3n) is 6.74. The molecule has 0 saturated carbocycles. The molecule has 3 atom stereocenters. The number of esters is 1. The molecule has 0 radical (unpaired) electrons. The summed E-state index contributed by atoms with van der Waals surface area (Å²) in [6.07, 6.45) is 2.91. The van der Waals surface area contributed by atoms with E-state index in [1.807, 2.05) is 55.5 Å². The van der Waals surface area contributed by atoms with Crippen LogP contribution in [0, 0.1) is 6.92 Å². The number of hydrogen-bond donors (Lipinski definition) is 4. The van der Waals surface area contributed by atoms with Gasteiger partial charge in [-0.2, -0.15) is 5.09 Å². The van der Waals surface area contributed by atoms with Crippen molar-refractivity contribution in [1.82, 2.24) is 10.1 Å². The van der Waals surface area contributed by atoms with Crippen LogP contribution in [0.2, 0.25) is 0 Å². The van der Waals surface area contributed by atoms with E-state index < -0.39 is 31.9 Å². The molecule has 5 N–H and O–H groups in total. The Morgan fingerprint density at radius 1 is 1.07 bits per heavy atom. The van der Waals surface area contributed by atoms with Gasteiger partial charge in [-0.25, -0.2) is 4.57 Å². The Bertz CT molecular complexity index is 1440. The summed E-state index contributed by atoms with van der Waals surface area (Å²) in [6.45, 7) is 1.32. The van der Waals surface area contributed by atoms with E-state index in [9.17, 15) is 14.5 Å². The first kappa shape index (κ1) is 29.5. The number of nitrogens with one attached hydrogen (secondary N) is 2. The van der Waals surface area contributed by atoms with E-state index in [0.29, 0.717) is 12.8 Å². The Kier molecular flexibility index (Phi) is 9.79. The molecule has 2 unspecified atom stereocenters. The zero-order valence-electron chi connectivity index (χ0n) is 22.7. The zero-order valence-corrected chi connectivity index (χ0v) is 23.6. The summed E-state index contributed by atoms with van der Waals surface area (Å²) in [6, 6.07) is 23.1. The van der Waals surface area contributed by atoms with Crippen LogP contribution < -0.4 is 15.3 Å². The van der Waals surface area contributed by atoms with Crippen molar-refractivity contribution >= 4 is 24.6 Å². The van der Waals surface area contributed by atoms with Gasteiger partial charge in [0, 0.05) is 23.5 Å². The number of nitrogens with two attached hydrogens (primary N) is 1. The largest absolute Gasteiger partial charge is 0.468 e. The van der Waals surface area contributed by atoms with Gasteiger partial charge in [0.15, 0.2) is 0 Å². The molecule has 3 aromatic carbocycles. The first-order chi connectivity index (χ1) is 19.2. The molecule has 0 bridgehead atoms. The molecule has 212 valence electrons. The number of para-hydroxylation sites is 2. The van der Waals surface area contributed by atoms with Gasteiger partial charge in [0.1, 0.15) is 11.8 Å². The normalized spacial score (nSPS) is 15.2. The molecule has 0 spiro atoms. The number of carbonyl (C=O) groups is 1. The molecular formula is C30H36N3O6P. The number of aliphatic hydroxyl groups is 1. The highest BCUT2D eigenvalue weighted by Gasteiger charge is 2.37. The number of aromatic amines is 1. The number of carbonyl (C=O) groups excluding carboxylic acids is 1. The number of hydrogen-bond acceptors (Lipinski definition) is 7. The van der Waals surface area contributed by atoms with Crippen molar-refractivity contribution in [3.63, 3.8) is 0 Å². The van der Waals surface area contributed by atoms with E-state index in [-0.39, 0.29) is 18.8 Å². The van der Waals surface area contributed by atoms with Crippen LogP contribution in [0.1, 0.15) is 23.1 Å². The maximum Gasteiger partial charge on any atom is 0.459 e. The second-order valence-corrected chi connectivity index (χ2v) is 11.6. The molecular weight excluding hydrogens is 529 g/mol. The average molecular weight is 566 g/mol. The molecule has 0 aliphatic carbocycles. The van der Waals surface area contributed by atoms with E-state index in [1.54, 1.807) is 36.5 Å². The Morgan fingerprint density at radius 2 is 1.77 bits per heavy atom. The van der Waals surface area contributed by atoms with Crippen LogP contribution in [0.4, 0.5) is 0 Å². The summed E-state index contributed by atoms with van der Waals surface area (Å²) in [5, 5.41) is 13.9. The summed E-state index contributed by atoms with van der Waals surface area (Å²) in [7, 11) is -2.95. The van der Waals surface area contributed by atoms with Crippen LogP contribution in [-0.2, 0) is 31.5 Å². The van der Waals surface area contributed by atoms with Crippen molar-refractivity contribution in [3.8, 4) is 5.75 Å². The SMILES string of the molecule is COC(=O)[C@H](Cc1c[nH]c2ccccc12)NP(=O)(OCC(N)(CO)CCc1ccc(C)cc1)Oc1ccccc1. The minimum Gasteiger partial charge on any atom is -0.468 e. The lowest BCUT2D eigenvalue weighted by Gasteiger charge is -2.30. The van der Waals surface area contributed by atoms with Crippen molar-refractivity contribution in [3.05, 3.63) is 102 Å². The number of H-pyrrole nitrogens is 1. The van der Waals surface area contributed by atoms with Gasteiger partial charge in [0.05, 0.1) is 25.9 Å². The van der Waals surface area contributed by atoms with Crippen molar-refractivity contribution < 1.29 is 28.3 Å². The average Bonchev–Trinajstić information content (AvgIpc) is 3.38. The summed E-state index contributed by atoms with van der Waals surface area (Å²) in [5.74, 6) is -0.355. The van der Waals surface area contributed by atoms with Gasteiger partial charge in [-0.15, -0.1) is 0 Å². The first-order valence-electron chi connectivity index (χ1n) is 13.1. The second-order valence-electron chi connectivity index (χ2n) is 9.95. The van der Waals surface area contributed by atoms with E-state index in [1.165, 1.54) is 7.11 Å². The molecule has 4 aromatic rings. The lowest BCUT2D eigenvalue weighted by atomic mass is 9.94. The Labute approximate surface area is 234 Å². The second kappa shape index (κ2) is 13.3. The molecule has 0 fully saturated rings. The van der Waals surface area contributed by atoms with Gasteiger partial charge in [0.25, 0.3) is 0 Å². The summed E-state index contributed by atoms with van der Waals surface area (Å²) < 4.78 is 30.9. The molecule has 9 nitrogen and oxygen atoms in total. The fraction of sp³-hybridized carbons (Fsp3) is 0.300. The van der Waals surface area contributed by atoms with Crippen molar-refractivity contribution in [2.75, 3.05) is 20.3 Å². The van der Waals surface area contributed by atoms with Crippen LogP contribution in [0.3, 0.4) is 0 Å². The van der Waals surface area contributed by atoms with Crippen LogP contribution >= 0.6 is 7.75 Å². The maximum absolute atomic E-state index is 14.2. The number of methoxy groups -OCH3 is 1. The molecule has 0 aliphatic heterocycles. The standard InChI is InChI=1S/C30H36N3O6P/c1-22-12-14-23(15-13-22)16-17-30(31,20-34)21-38-40(36,39-25-8-4-3-5-9-25)33-28(29(35)37-2)18-24-19-32-27-11-7-6-10-26(24)27/h3-15,19,28,32,34H,16-18,20-21,31H2,1-2H3,(H,33,36)/t28-,30?,40?/m0/s1. The fourth-order valence-corrected chi connectivity index (χ4v) is 5.89. The summed E-state index contributed by atoms with van der Waals surface area (Å²) in [5.41, 5.74) is 9.21. The Morgan fingerprint density at radius 3 is 2.48 bits per heavy atom. The zero-order chi connectivity index (χ0) is 28.6. The molecule has 1 aromatic heterocycles. The quantitative estimate of drug-likeness (QED) is 0.128. The smallest absolute Gasteiger partial charge is 0.459 e. The number of aromatic nitrogens is 1. The van der Waals surface area contributed by atoms with Gasteiger partial charge in [-0.3, -0.25) is 9.32 Å². The van der Waals surface area contributed by atoms with E-state index in [0.717, 1.165) is 27.6 Å². The third kappa shape index (κ3) is 7.81. The van der Waals surface area contributed by atoms with Crippen molar-refractivity contribution in [2.45, 2.75) is 37.8 Å². The minimum absolute atomic E-state index is 0.156. The van der Waals surface area contributed by atoms with Crippen LogP contribution in [-0.4, -0.2) is 48.0 Å². The van der Waals surface area contributed by atoms with Gasteiger partial charge in [0.2, 0.25) is 0 Å². The summed E-state index contributed by atoms with van der Waals surface area (Å²) >= 11 is 0. The Balaban J connectivity index is 1.55. The number of fused-ring (bicyclic) bond motifs is 1. The first-order valence-corrected chi connectivity index (χ1v) is 14.6. The molecule has 10 heteroatoms. The number of aryl methyl sites for hydroxylation is 2. The lowest BCUT2D eigenvalue weighted by Crippen LogP contribution is -2.49. The topological polar surface area (TPSA) is 136 Å². The maximum atomic E-state index is 14.2. The predicted octanol–water partition coefficient (Wildman–Crippen LogP) is 4.68. The van der Waals surface area contributed by atoms with Gasteiger partial charge in [-0.05, 0) is 49.1 Å². The number of benzene rings is 3. The molecule has 4 rings (SSSR count). The molecule has 0 amide bonds. The highest BCUT2D eigenvalue weighted by Crippen LogP contribution is 2.46. The molecule has 0 saturated heterocycles. The third-order valence-corrected chi connectivity index (χ3v) is 8.28. The highest BCUT2D eigenvalue weighted by atomic mass is 31.2. The van der Waals surface area contributed by atoms with Crippen LogP contribution in [0.25, 0.3) is 10.9 Å². The fourth-order valence-electron chi connectivity index (χ4n) is 4.30. The number of rotatable bonds is 14. The minimum atomic E-state index is -4.21. The summed E-state index contributed by atoms with van der Waals surface area (Å²) in [4.78, 5) is 16.0. The van der Waals surface area contributed by atoms with Gasteiger partial charge >= 0.3 is 13.7 Å². The molecule has 40 heavy (non-hydrogen) atoms. The number of aliphatic hydroxyl groups excluding tert-OH is 1. The van der Waals surface area contributed by atoms with Crippen molar-refractivity contribution in [2.24, 2.45) is 5.73 Å². The predicted molar refractivity (Wildman–Crippen MR) is 155 cm³/mol. The highest BCUT2D eigenvalue weighted by molar-refractivity contribution is 7.52. The van der Waals surface area contributed by atoms with Gasteiger partial charge in [-0.1, -0.05) is 66.2 Å². The van der Waals surface area contributed by atoms with Crippen LogP contribution in [0.15, 0.2) is 85.1 Å².